The van der Waals surface area contributed by atoms with Crippen molar-refractivity contribution in [1.82, 2.24) is 4.98 Å². The van der Waals surface area contributed by atoms with Gasteiger partial charge in [0.15, 0.2) is 9.34 Å². The van der Waals surface area contributed by atoms with Gasteiger partial charge in [0.05, 0.1) is 18.4 Å². The number of hydrogen-bond donors (Lipinski definition) is 1. The molecule has 0 radical (unpaired) electrons. The molecule has 1 saturated heterocycles. The van der Waals surface area contributed by atoms with Crippen molar-refractivity contribution in [2.75, 3.05) is 24.6 Å². The van der Waals surface area contributed by atoms with Crippen molar-refractivity contribution in [3.63, 3.8) is 0 Å². The number of anilines is 1. The second-order valence-corrected chi connectivity index (χ2v) is 8.28. The Morgan fingerprint density at radius 1 is 1.39 bits per heavy atom. The van der Waals surface area contributed by atoms with Crippen LogP contribution in [0.3, 0.4) is 0 Å². The van der Waals surface area contributed by atoms with E-state index in [4.69, 9.17) is 9.88 Å². The van der Waals surface area contributed by atoms with Crippen LogP contribution in [0.25, 0.3) is 0 Å². The lowest BCUT2D eigenvalue weighted by atomic mass is 10.1. The molecule has 1 aromatic carbocycles. The lowest BCUT2D eigenvalue weighted by Gasteiger charge is -2.32. The largest absolute Gasteiger partial charge is 0.374 e. The zero-order valence-corrected chi connectivity index (χ0v) is 14.4. The highest BCUT2D eigenvalue weighted by Gasteiger charge is 2.26. The van der Waals surface area contributed by atoms with Gasteiger partial charge >= 0.3 is 0 Å². The normalized spacial score (nSPS) is 19.0. The molecule has 23 heavy (non-hydrogen) atoms. The molecule has 2 heterocycles. The summed E-state index contributed by atoms with van der Waals surface area (Å²) in [5, 5.41) is 5.92. The van der Waals surface area contributed by atoms with Gasteiger partial charge < -0.3 is 9.64 Å². The number of aromatic nitrogens is 1. The van der Waals surface area contributed by atoms with Gasteiger partial charge in [0, 0.05) is 19.5 Å². The number of rotatable bonds is 4. The average molecular weight is 353 g/mol. The van der Waals surface area contributed by atoms with E-state index >= 15 is 0 Å². The molecule has 1 atom stereocenters. The molecule has 1 aliphatic heterocycles. The second kappa shape index (κ2) is 6.56. The van der Waals surface area contributed by atoms with Gasteiger partial charge in [-0.15, -0.1) is 0 Å². The van der Waals surface area contributed by atoms with Crippen molar-refractivity contribution in [2.45, 2.75) is 23.7 Å². The predicted octanol–water partition coefficient (Wildman–Crippen LogP) is 1.55. The van der Waals surface area contributed by atoms with Crippen LogP contribution >= 0.6 is 11.3 Å². The Balaban J connectivity index is 1.74. The smallest absolute Gasteiger partial charge is 0.249 e. The molecule has 6 nitrogen and oxygen atoms in total. The fraction of sp³-hybridized carbons (Fsp3) is 0.400. The van der Waals surface area contributed by atoms with E-state index in [2.05, 4.69) is 22.0 Å². The number of thiazole rings is 1. The van der Waals surface area contributed by atoms with Crippen LogP contribution < -0.4 is 10.0 Å². The van der Waals surface area contributed by atoms with Crippen LogP contribution in [0.5, 0.6) is 0 Å². The van der Waals surface area contributed by atoms with Gasteiger partial charge in [-0.2, -0.15) is 0 Å². The first kappa shape index (κ1) is 16.4. The van der Waals surface area contributed by atoms with Gasteiger partial charge in [-0.3, -0.25) is 0 Å². The third-order valence-corrected chi connectivity index (χ3v) is 6.49. The minimum Gasteiger partial charge on any atom is -0.374 e. The van der Waals surface area contributed by atoms with E-state index in [9.17, 15) is 8.42 Å². The summed E-state index contributed by atoms with van der Waals surface area (Å²) in [5.74, 6) is 0. The number of aryl methyl sites for hydroxylation is 1. The predicted molar refractivity (Wildman–Crippen MR) is 90.3 cm³/mol. The monoisotopic (exact) mass is 353 g/mol. The highest BCUT2D eigenvalue weighted by Crippen LogP contribution is 2.30. The van der Waals surface area contributed by atoms with Gasteiger partial charge in [-0.1, -0.05) is 41.7 Å². The lowest BCUT2D eigenvalue weighted by Crippen LogP contribution is -2.43. The highest BCUT2D eigenvalue weighted by molar-refractivity contribution is 7.91. The van der Waals surface area contributed by atoms with E-state index in [1.165, 1.54) is 5.56 Å². The molecule has 1 fully saturated rings. The second-order valence-electron chi connectivity index (χ2n) is 5.54. The molecule has 1 unspecified atom stereocenters. The van der Waals surface area contributed by atoms with Crippen LogP contribution in [0.4, 0.5) is 5.13 Å². The molecule has 0 spiro atoms. The average Bonchev–Trinajstić information content (AvgIpc) is 2.91. The van der Waals surface area contributed by atoms with Gasteiger partial charge in [-0.25, -0.2) is 18.5 Å². The quantitative estimate of drug-likeness (QED) is 0.901. The first-order valence-electron chi connectivity index (χ1n) is 7.34. The summed E-state index contributed by atoms with van der Waals surface area (Å²) < 4.78 is 29.1. The molecule has 2 N–H and O–H groups in total. The van der Waals surface area contributed by atoms with Gasteiger partial charge in [-0.05, 0) is 12.5 Å². The number of nitrogens with zero attached hydrogens (tertiary/aromatic N) is 2. The number of nitrogens with two attached hydrogens (primary N) is 1. The fourth-order valence-corrected chi connectivity index (χ4v) is 4.64. The minimum absolute atomic E-state index is 0.0632. The molecule has 0 saturated carbocycles. The Labute approximate surface area is 140 Å². The molecule has 3 rings (SSSR count). The van der Waals surface area contributed by atoms with Gasteiger partial charge in [0.25, 0.3) is 0 Å². The number of primary sulfonamides is 1. The zero-order chi connectivity index (χ0) is 16.4. The molecular formula is C15H19N3O3S2. The molecule has 8 heteroatoms. The molecule has 0 bridgehead atoms. The summed E-state index contributed by atoms with van der Waals surface area (Å²) >= 11 is 1.13. The van der Waals surface area contributed by atoms with Crippen molar-refractivity contribution in [1.29, 1.82) is 0 Å². The molecule has 124 valence electrons. The molecule has 1 aliphatic rings. The maximum atomic E-state index is 11.6. The van der Waals surface area contributed by atoms with E-state index in [0.29, 0.717) is 30.5 Å². The molecule has 1 aromatic heterocycles. The van der Waals surface area contributed by atoms with Crippen LogP contribution in [0.2, 0.25) is 0 Å². The summed E-state index contributed by atoms with van der Waals surface area (Å²) in [5.41, 5.74) is 1.68. The summed E-state index contributed by atoms with van der Waals surface area (Å²) in [7, 11) is -3.72. The highest BCUT2D eigenvalue weighted by atomic mass is 32.2. The number of ether oxygens (including phenoxy) is 1. The maximum absolute atomic E-state index is 11.6. The molecule has 0 amide bonds. The number of sulfonamides is 1. The van der Waals surface area contributed by atoms with Crippen molar-refractivity contribution < 1.29 is 13.2 Å². The SMILES string of the molecule is Cc1nc(N2CCOC(Cc3ccccc3)C2)sc1S(N)(=O)=O. The Kier molecular flexibility index (Phi) is 4.67. The first-order chi connectivity index (χ1) is 10.9. The number of benzene rings is 1. The van der Waals surface area contributed by atoms with E-state index in [0.717, 1.165) is 17.8 Å². The number of hydrogen-bond acceptors (Lipinski definition) is 6. The Morgan fingerprint density at radius 3 is 2.78 bits per heavy atom. The van der Waals surface area contributed by atoms with Crippen LogP contribution in [0, 0.1) is 6.92 Å². The zero-order valence-electron chi connectivity index (χ0n) is 12.8. The summed E-state index contributed by atoms with van der Waals surface area (Å²) in [6, 6.07) is 10.2. The summed E-state index contributed by atoms with van der Waals surface area (Å²) in [6.07, 6.45) is 0.886. The molecule has 2 aromatic rings. The van der Waals surface area contributed by atoms with E-state index in [1.807, 2.05) is 18.2 Å². The Bertz CT molecular complexity index is 775. The minimum atomic E-state index is -3.72. The summed E-state index contributed by atoms with van der Waals surface area (Å²) in [6.45, 7) is 3.65. The van der Waals surface area contributed by atoms with Crippen LogP contribution in [-0.4, -0.2) is 39.2 Å². The Hall–Kier alpha value is -1.48. The Morgan fingerprint density at radius 2 is 2.13 bits per heavy atom. The summed E-state index contributed by atoms with van der Waals surface area (Å²) in [4.78, 5) is 6.44. The maximum Gasteiger partial charge on any atom is 0.249 e. The van der Waals surface area contributed by atoms with Gasteiger partial charge in [0.2, 0.25) is 10.0 Å². The standard InChI is InChI=1S/C15H19N3O3S2/c1-11-14(23(16,19)20)22-15(17-11)18-7-8-21-13(10-18)9-12-5-3-2-4-6-12/h2-6,13H,7-10H2,1H3,(H2,16,19,20). The van der Waals surface area contributed by atoms with Crippen molar-refractivity contribution >= 4 is 26.5 Å². The van der Waals surface area contributed by atoms with Crippen LogP contribution in [-0.2, 0) is 21.2 Å². The first-order valence-corrected chi connectivity index (χ1v) is 9.70. The van der Waals surface area contributed by atoms with Crippen molar-refractivity contribution in [2.24, 2.45) is 5.14 Å². The molecule has 0 aliphatic carbocycles. The van der Waals surface area contributed by atoms with Gasteiger partial charge in [0.1, 0.15) is 0 Å². The lowest BCUT2D eigenvalue weighted by molar-refractivity contribution is 0.0410. The third-order valence-electron chi connectivity index (χ3n) is 3.72. The van der Waals surface area contributed by atoms with E-state index in [1.54, 1.807) is 6.92 Å². The topological polar surface area (TPSA) is 85.5 Å². The fourth-order valence-electron chi connectivity index (χ4n) is 2.66. The number of morpholine rings is 1. The molecular weight excluding hydrogens is 334 g/mol. The van der Waals surface area contributed by atoms with Crippen LogP contribution in [0.15, 0.2) is 34.5 Å². The third kappa shape index (κ3) is 3.89. The van der Waals surface area contributed by atoms with Crippen molar-refractivity contribution in [3.05, 3.63) is 41.6 Å². The van der Waals surface area contributed by atoms with E-state index < -0.39 is 10.0 Å². The van der Waals surface area contributed by atoms with Crippen LogP contribution in [0.1, 0.15) is 11.3 Å². The van der Waals surface area contributed by atoms with Crippen molar-refractivity contribution in [3.8, 4) is 0 Å². The van der Waals surface area contributed by atoms with E-state index in [-0.39, 0.29) is 10.3 Å².